The number of ether oxygens (including phenoxy) is 1. The Hall–Kier alpha value is -0.740. The number of hydrogen-bond acceptors (Lipinski definition) is 3. The van der Waals surface area contributed by atoms with Crippen LogP contribution in [0.15, 0.2) is 10.6 Å². The average molecular weight is 417 g/mol. The van der Waals surface area contributed by atoms with E-state index in [9.17, 15) is 15.2 Å². The van der Waals surface area contributed by atoms with E-state index in [-0.39, 0.29) is 47.9 Å². The summed E-state index contributed by atoms with van der Waals surface area (Å²) < 4.78 is 6.38. The van der Waals surface area contributed by atoms with E-state index in [2.05, 4.69) is 4.99 Å². The molecule has 2 unspecified atom stereocenters. The van der Waals surface area contributed by atoms with Crippen molar-refractivity contribution in [3.05, 3.63) is 20.7 Å². The normalized spacial score (nSPS) is 28.1. The summed E-state index contributed by atoms with van der Waals surface area (Å²) in [5, 5.41) is 26.2. The topological polar surface area (TPSA) is 112 Å². The number of halogens is 2. The van der Waals surface area contributed by atoms with Crippen molar-refractivity contribution in [3.63, 3.8) is 0 Å². The Morgan fingerprint density at radius 2 is 2.25 bits per heavy atom. The van der Waals surface area contributed by atoms with Crippen LogP contribution in [0.1, 0.15) is 19.3 Å². The van der Waals surface area contributed by atoms with Gasteiger partial charge < -0.3 is 0 Å². The summed E-state index contributed by atoms with van der Waals surface area (Å²) in [5.41, 5.74) is 0.255. The summed E-state index contributed by atoms with van der Waals surface area (Å²) in [4.78, 5) is 12.9. The maximum absolute atomic E-state index is 10.8. The van der Waals surface area contributed by atoms with E-state index in [1.807, 2.05) is 0 Å². The first-order valence-corrected chi connectivity index (χ1v) is 9.34. The molecule has 0 amide bonds. The Kier molecular flexibility index (Phi) is 5.33. The predicted molar refractivity (Wildman–Crippen MR) is 67.7 cm³/mol. The van der Waals surface area contributed by atoms with Gasteiger partial charge in [-0.05, 0) is 0 Å². The summed E-state index contributed by atoms with van der Waals surface area (Å²) in [7, 11) is 0. The summed E-state index contributed by atoms with van der Waals surface area (Å²) in [6.45, 7) is 0.621. The van der Waals surface area contributed by atoms with E-state index >= 15 is 0 Å². The van der Waals surface area contributed by atoms with Crippen molar-refractivity contribution in [3.8, 4) is 0 Å². The molecule has 2 atom stereocenters. The molecule has 20 heavy (non-hydrogen) atoms. The first-order chi connectivity index (χ1) is 9.50. The molecule has 2 saturated heterocycles. The molecule has 9 heteroatoms. The zero-order chi connectivity index (χ0) is 14.7. The van der Waals surface area contributed by atoms with Gasteiger partial charge in [-0.1, -0.05) is 0 Å². The third kappa shape index (κ3) is 3.89. The molecule has 0 saturated carbocycles. The zero-order valence-corrected chi connectivity index (χ0v) is 13.6. The zero-order valence-electron chi connectivity index (χ0n) is 10.6. The number of aliphatic hydroxyl groups is 1. The molecule has 2 rings (SSSR count). The molecule has 4 N–H and O–H groups in total. The monoisotopic (exact) mass is 416 g/mol. The molecule has 0 aromatic carbocycles. The number of amidine groups is 1. The molecule has 0 aliphatic carbocycles. The number of nitrogens with zero attached hydrogens (tertiary/aromatic N) is 1. The molecule has 0 radical (unpaired) electrons. The van der Waals surface area contributed by atoms with Crippen molar-refractivity contribution >= 4 is 23.3 Å². The van der Waals surface area contributed by atoms with Crippen molar-refractivity contribution in [2.24, 2.45) is 0 Å². The first-order valence-electron chi connectivity index (χ1n) is 6.19. The Bertz CT molecular complexity index is 484. The molecule has 0 spiro atoms. The van der Waals surface area contributed by atoms with Gasteiger partial charge in [0.1, 0.15) is 0 Å². The van der Waals surface area contributed by atoms with Crippen LogP contribution >= 0.6 is 11.6 Å². The van der Waals surface area contributed by atoms with E-state index in [4.69, 9.17) is 21.7 Å². The number of nitrogens with two attached hydrogens (primary N) is 1. The molecule has 2 aliphatic heterocycles. The number of rotatable bonds is 4. The number of nitrogens with one attached hydrogen (secondary N) is 1. The maximum atomic E-state index is 10.8. The van der Waals surface area contributed by atoms with Gasteiger partial charge in [-0.15, -0.1) is 0 Å². The fraction of sp³-hybridized carbons (Fsp3) is 0.636. The molecule has 112 valence electrons. The number of hydrogen-bond donors (Lipinski definition) is 3. The van der Waals surface area contributed by atoms with Crippen LogP contribution < -0.4 is 31.6 Å². The van der Waals surface area contributed by atoms with Gasteiger partial charge in [0, 0.05) is 0 Å². The van der Waals surface area contributed by atoms with E-state index in [1.54, 1.807) is 0 Å². The Balaban J connectivity index is 2.21. The molecule has 0 aromatic heterocycles. The molecule has 7 nitrogen and oxygen atoms in total. The van der Waals surface area contributed by atoms with Crippen LogP contribution in [0.5, 0.6) is 0 Å². The van der Waals surface area contributed by atoms with Crippen molar-refractivity contribution in [1.82, 2.24) is 0 Å². The van der Waals surface area contributed by atoms with Crippen molar-refractivity contribution < 1.29 is 46.4 Å². The van der Waals surface area contributed by atoms with Crippen LogP contribution in [0.3, 0.4) is 0 Å². The van der Waals surface area contributed by atoms with E-state index < -0.39 is 10.8 Å². The molecule has 2 fully saturated rings. The van der Waals surface area contributed by atoms with Crippen LogP contribution in [0.2, 0.25) is 0 Å². The fourth-order valence-corrected chi connectivity index (χ4v) is 4.14. The van der Waals surface area contributed by atoms with Crippen molar-refractivity contribution in [2.45, 2.75) is 29.4 Å². The van der Waals surface area contributed by atoms with Crippen LogP contribution in [-0.4, -0.2) is 43.0 Å². The van der Waals surface area contributed by atoms with E-state index in [1.165, 1.54) is 0 Å². The number of aliphatic hydroxyl groups excluding tert-OH is 1. The molecule has 0 aromatic rings. The second-order valence-corrected chi connectivity index (χ2v) is 8.14. The summed E-state index contributed by atoms with van der Waals surface area (Å²) >= 11 is 5.94. The van der Waals surface area contributed by atoms with Crippen LogP contribution in [0.4, 0.5) is 0 Å². The Morgan fingerprint density at radius 1 is 1.55 bits per heavy atom. The van der Waals surface area contributed by atoms with E-state index in [0.717, 1.165) is 23.7 Å². The molecule has 2 heterocycles. The van der Waals surface area contributed by atoms with Crippen molar-refractivity contribution in [2.75, 3.05) is 11.0 Å². The third-order valence-corrected chi connectivity index (χ3v) is 5.78. The van der Waals surface area contributed by atoms with Crippen LogP contribution in [-0.2, 0) is 4.74 Å². The van der Waals surface area contributed by atoms with Crippen LogP contribution in [0, 0.1) is 10.1 Å². The van der Waals surface area contributed by atoms with E-state index in [0.29, 0.717) is 6.61 Å². The molecule has 2 aliphatic rings. The van der Waals surface area contributed by atoms with Crippen molar-refractivity contribution in [1.29, 1.82) is 0 Å². The second-order valence-electron chi connectivity index (χ2n) is 4.49. The van der Waals surface area contributed by atoms with Crippen LogP contribution in [0.25, 0.3) is 0 Å². The number of nitro groups is 1. The van der Waals surface area contributed by atoms with Gasteiger partial charge in [0.2, 0.25) is 0 Å². The minimum absolute atomic E-state index is 0.0583. The Labute approximate surface area is 131 Å². The SMILES string of the molecule is [NH2+]=C(/C(=C(/Cl)C(O)=[NH+]C1CCCCO1)C1C[I-]1)[N+](=O)[O-]. The predicted octanol–water partition coefficient (Wildman–Crippen LogP) is -5.05. The van der Waals surface area contributed by atoms with Gasteiger partial charge in [-0.3, -0.25) is 0 Å². The molecular formula is C11H16ClIN3O4+. The molecule has 0 bridgehead atoms. The average Bonchev–Trinajstić information content (AvgIpc) is 3.24. The fourth-order valence-electron chi connectivity index (χ4n) is 1.91. The standard InChI is InChI=1S/C11H14ClIN3O4/c12-9(8(6-5-13-6)10(14)16(18)19)11(17)15-7-3-1-2-4-20-7/h6-7,14H,1-5H2,(H,15,17)/q-1/p+2/b9-8+,14-10?. The summed E-state index contributed by atoms with van der Waals surface area (Å²) in [6, 6.07) is 0. The van der Waals surface area contributed by atoms with Gasteiger partial charge in [0.25, 0.3) is 0 Å². The summed E-state index contributed by atoms with van der Waals surface area (Å²) in [6.07, 6.45) is 2.43. The first kappa shape index (κ1) is 15.6. The minimum atomic E-state index is -0.663. The summed E-state index contributed by atoms with van der Waals surface area (Å²) in [5.74, 6) is -0.774. The van der Waals surface area contributed by atoms with Gasteiger partial charge >= 0.3 is 131 Å². The quantitative estimate of drug-likeness (QED) is 0.106. The Morgan fingerprint density at radius 3 is 2.75 bits per heavy atom. The number of alkyl halides is 2. The molecular weight excluding hydrogens is 400 g/mol. The third-order valence-electron chi connectivity index (χ3n) is 3.02. The van der Waals surface area contributed by atoms with Gasteiger partial charge in [-0.25, -0.2) is 0 Å². The van der Waals surface area contributed by atoms with Gasteiger partial charge in [0.15, 0.2) is 0 Å². The van der Waals surface area contributed by atoms with Gasteiger partial charge in [0.05, 0.1) is 0 Å². The second kappa shape index (κ2) is 6.81. The van der Waals surface area contributed by atoms with Gasteiger partial charge in [-0.2, -0.15) is 0 Å².